The fourth-order valence-corrected chi connectivity index (χ4v) is 3.53. The second-order valence-corrected chi connectivity index (χ2v) is 5.99. The van der Waals surface area contributed by atoms with E-state index < -0.39 is 0 Å². The summed E-state index contributed by atoms with van der Waals surface area (Å²) in [5.74, 6) is 1.10. The molecule has 3 atom stereocenters. The van der Waals surface area contributed by atoms with Crippen LogP contribution in [0.25, 0.3) is 0 Å². The first-order valence-corrected chi connectivity index (χ1v) is 7.34. The smallest absolute Gasteiger partial charge is 0.133 e. The van der Waals surface area contributed by atoms with Gasteiger partial charge >= 0.3 is 0 Å². The highest BCUT2D eigenvalue weighted by Gasteiger charge is 2.35. The lowest BCUT2D eigenvalue weighted by Gasteiger charge is -2.29. The van der Waals surface area contributed by atoms with E-state index in [4.69, 9.17) is 5.73 Å². The molecule has 0 saturated carbocycles. The van der Waals surface area contributed by atoms with E-state index in [1.54, 1.807) is 0 Å². The van der Waals surface area contributed by atoms with Gasteiger partial charge in [-0.25, -0.2) is 4.98 Å². The SMILES string of the molecule is C[C@H](N)c1cccnc1N1CCC2CCC(C1)N2C. The third-order valence-electron chi connectivity index (χ3n) is 4.76. The zero-order valence-corrected chi connectivity index (χ0v) is 11.9. The van der Waals surface area contributed by atoms with Crippen molar-refractivity contribution in [2.75, 3.05) is 25.0 Å². The van der Waals surface area contributed by atoms with Crippen LogP contribution in [-0.2, 0) is 0 Å². The Hall–Kier alpha value is -1.13. The Morgan fingerprint density at radius 3 is 2.89 bits per heavy atom. The highest BCUT2D eigenvalue weighted by atomic mass is 15.3. The van der Waals surface area contributed by atoms with Crippen LogP contribution in [0.4, 0.5) is 5.82 Å². The number of rotatable bonds is 2. The van der Waals surface area contributed by atoms with E-state index in [1.807, 2.05) is 19.2 Å². The number of nitrogens with two attached hydrogens (primary N) is 1. The van der Waals surface area contributed by atoms with Gasteiger partial charge in [0.05, 0.1) is 0 Å². The number of fused-ring (bicyclic) bond motifs is 2. The summed E-state index contributed by atoms with van der Waals surface area (Å²) < 4.78 is 0. The average Bonchev–Trinajstić information content (AvgIpc) is 2.63. The Balaban J connectivity index is 1.87. The fraction of sp³-hybridized carbons (Fsp3) is 0.667. The molecule has 2 N–H and O–H groups in total. The van der Waals surface area contributed by atoms with Crippen LogP contribution in [0.3, 0.4) is 0 Å². The fourth-order valence-electron chi connectivity index (χ4n) is 3.53. The number of hydrogen-bond donors (Lipinski definition) is 1. The van der Waals surface area contributed by atoms with Crippen LogP contribution in [0.1, 0.15) is 37.8 Å². The van der Waals surface area contributed by atoms with Gasteiger partial charge in [0.15, 0.2) is 0 Å². The van der Waals surface area contributed by atoms with Crippen molar-refractivity contribution < 1.29 is 0 Å². The maximum absolute atomic E-state index is 6.09. The van der Waals surface area contributed by atoms with Gasteiger partial charge in [-0.05, 0) is 39.3 Å². The van der Waals surface area contributed by atoms with E-state index >= 15 is 0 Å². The Kier molecular flexibility index (Phi) is 3.46. The number of aromatic nitrogens is 1. The minimum Gasteiger partial charge on any atom is -0.355 e. The lowest BCUT2D eigenvalue weighted by Crippen LogP contribution is -2.37. The van der Waals surface area contributed by atoms with Crippen molar-refractivity contribution in [2.24, 2.45) is 5.73 Å². The summed E-state index contributed by atoms with van der Waals surface area (Å²) in [6.07, 6.45) is 5.80. The molecule has 0 radical (unpaired) electrons. The lowest BCUT2D eigenvalue weighted by molar-refractivity contribution is 0.254. The van der Waals surface area contributed by atoms with E-state index in [1.165, 1.54) is 24.8 Å². The molecular formula is C15H24N4. The van der Waals surface area contributed by atoms with Crippen molar-refractivity contribution in [3.63, 3.8) is 0 Å². The van der Waals surface area contributed by atoms with Gasteiger partial charge in [0.25, 0.3) is 0 Å². The van der Waals surface area contributed by atoms with Crippen molar-refractivity contribution in [3.05, 3.63) is 23.9 Å². The van der Waals surface area contributed by atoms with E-state index in [0.29, 0.717) is 6.04 Å². The zero-order valence-electron chi connectivity index (χ0n) is 11.9. The summed E-state index contributed by atoms with van der Waals surface area (Å²) in [5.41, 5.74) is 7.26. The Labute approximate surface area is 115 Å². The minimum atomic E-state index is 0.0434. The molecule has 0 amide bonds. The minimum absolute atomic E-state index is 0.0434. The van der Waals surface area contributed by atoms with Crippen LogP contribution in [0.15, 0.2) is 18.3 Å². The lowest BCUT2D eigenvalue weighted by atomic mass is 10.1. The second kappa shape index (κ2) is 5.10. The maximum Gasteiger partial charge on any atom is 0.133 e. The van der Waals surface area contributed by atoms with Crippen LogP contribution < -0.4 is 10.6 Å². The molecule has 4 heteroatoms. The monoisotopic (exact) mass is 260 g/mol. The van der Waals surface area contributed by atoms with E-state index in [2.05, 4.69) is 27.9 Å². The molecule has 2 bridgehead atoms. The van der Waals surface area contributed by atoms with Gasteiger partial charge in [0.1, 0.15) is 5.82 Å². The van der Waals surface area contributed by atoms with Gasteiger partial charge in [-0.2, -0.15) is 0 Å². The van der Waals surface area contributed by atoms with Crippen molar-refractivity contribution in [2.45, 2.75) is 44.3 Å². The van der Waals surface area contributed by atoms with Crippen LogP contribution >= 0.6 is 0 Å². The predicted molar refractivity (Wildman–Crippen MR) is 78.2 cm³/mol. The molecule has 0 spiro atoms. The molecule has 1 aromatic heterocycles. The molecule has 0 aliphatic carbocycles. The van der Waals surface area contributed by atoms with Crippen molar-refractivity contribution in [1.82, 2.24) is 9.88 Å². The number of pyridine rings is 1. The maximum atomic E-state index is 6.09. The Morgan fingerprint density at radius 2 is 2.11 bits per heavy atom. The van der Waals surface area contributed by atoms with Gasteiger partial charge in [-0.1, -0.05) is 6.07 Å². The molecule has 19 heavy (non-hydrogen) atoms. The highest BCUT2D eigenvalue weighted by molar-refractivity contribution is 5.48. The molecule has 0 aromatic carbocycles. The molecule has 2 aliphatic heterocycles. The van der Waals surface area contributed by atoms with Crippen LogP contribution in [-0.4, -0.2) is 42.1 Å². The molecule has 104 valence electrons. The first-order chi connectivity index (χ1) is 9.16. The first-order valence-electron chi connectivity index (χ1n) is 7.34. The first kappa shape index (κ1) is 12.9. The van der Waals surface area contributed by atoms with E-state index in [9.17, 15) is 0 Å². The van der Waals surface area contributed by atoms with Crippen LogP contribution in [0, 0.1) is 0 Å². The average molecular weight is 260 g/mol. The number of nitrogens with zero attached hydrogens (tertiary/aromatic N) is 3. The highest BCUT2D eigenvalue weighted by Crippen LogP contribution is 2.32. The topological polar surface area (TPSA) is 45.4 Å². The molecule has 2 unspecified atom stereocenters. The Morgan fingerprint density at radius 1 is 1.32 bits per heavy atom. The number of anilines is 1. The molecule has 3 rings (SSSR count). The Bertz CT molecular complexity index is 446. The summed E-state index contributed by atoms with van der Waals surface area (Å²) in [4.78, 5) is 9.61. The van der Waals surface area contributed by atoms with E-state index in [0.717, 1.165) is 24.9 Å². The van der Waals surface area contributed by atoms with Gasteiger partial charge < -0.3 is 10.6 Å². The van der Waals surface area contributed by atoms with Gasteiger partial charge in [-0.3, -0.25) is 4.90 Å². The number of hydrogen-bond acceptors (Lipinski definition) is 4. The van der Waals surface area contributed by atoms with E-state index in [-0.39, 0.29) is 6.04 Å². The standard InChI is InChI=1S/C15H24N4/c1-11(16)14-4-3-8-17-15(14)19-9-7-12-5-6-13(10-19)18(12)2/h3-4,8,11-13H,5-7,9-10,16H2,1-2H3/t11-,12?,13?/m0/s1. The van der Waals surface area contributed by atoms with Crippen molar-refractivity contribution in [3.8, 4) is 0 Å². The van der Waals surface area contributed by atoms with Gasteiger partial charge in [0, 0.05) is 43.0 Å². The summed E-state index contributed by atoms with van der Waals surface area (Å²) in [7, 11) is 2.27. The molecule has 2 saturated heterocycles. The molecule has 2 fully saturated rings. The van der Waals surface area contributed by atoms with Gasteiger partial charge in [-0.15, -0.1) is 0 Å². The second-order valence-electron chi connectivity index (χ2n) is 5.99. The summed E-state index contributed by atoms with van der Waals surface area (Å²) in [6, 6.07) is 5.58. The van der Waals surface area contributed by atoms with Crippen molar-refractivity contribution >= 4 is 5.82 Å². The summed E-state index contributed by atoms with van der Waals surface area (Å²) in [6.45, 7) is 4.22. The van der Waals surface area contributed by atoms with Crippen LogP contribution in [0.2, 0.25) is 0 Å². The van der Waals surface area contributed by atoms with Gasteiger partial charge in [0.2, 0.25) is 0 Å². The predicted octanol–water partition coefficient (Wildman–Crippen LogP) is 1.77. The molecule has 3 heterocycles. The summed E-state index contributed by atoms with van der Waals surface area (Å²) in [5, 5.41) is 0. The number of likely N-dealkylation sites (N-methyl/N-ethyl adjacent to an activating group) is 1. The molecule has 2 aliphatic rings. The largest absolute Gasteiger partial charge is 0.355 e. The quantitative estimate of drug-likeness (QED) is 0.880. The third kappa shape index (κ3) is 2.35. The normalized spacial score (nSPS) is 29.3. The molecule has 4 nitrogen and oxygen atoms in total. The third-order valence-corrected chi connectivity index (χ3v) is 4.76. The van der Waals surface area contributed by atoms with Crippen molar-refractivity contribution in [1.29, 1.82) is 0 Å². The van der Waals surface area contributed by atoms with Crippen LogP contribution in [0.5, 0.6) is 0 Å². The summed E-state index contributed by atoms with van der Waals surface area (Å²) >= 11 is 0. The molecular weight excluding hydrogens is 236 g/mol. The zero-order chi connectivity index (χ0) is 13.4. The molecule has 1 aromatic rings.